The summed E-state index contributed by atoms with van der Waals surface area (Å²) in [5.41, 5.74) is 0. The Labute approximate surface area is 66.3 Å². The van der Waals surface area contributed by atoms with E-state index in [0.29, 0.717) is 5.92 Å². The molecule has 0 spiro atoms. The maximum absolute atomic E-state index is 9.54. The smallest absolute Gasteiger partial charge is 0.184 e. The molecule has 0 aromatic carbocycles. The Kier molecular flexibility index (Phi) is 1.67. The molecule has 1 N–H and O–H groups in total. The highest BCUT2D eigenvalue weighted by atomic mass is 16.7. The largest absolute Gasteiger partial charge is 0.387 e. The monoisotopic (exact) mass is 158 g/mol. The Hall–Kier alpha value is -0.120. The van der Waals surface area contributed by atoms with Gasteiger partial charge in [0, 0.05) is 11.8 Å². The van der Waals surface area contributed by atoms with Crippen LogP contribution in [0.3, 0.4) is 0 Å². The Morgan fingerprint density at radius 1 is 1.36 bits per heavy atom. The first kappa shape index (κ1) is 7.53. The lowest BCUT2D eigenvalue weighted by atomic mass is 9.93. The highest BCUT2D eigenvalue weighted by Crippen LogP contribution is 2.36. The van der Waals surface area contributed by atoms with Crippen LogP contribution in [-0.4, -0.2) is 30.2 Å². The standard InChI is InChI=1S/C8H14O3/c1-4-3-10-8-6(9)5(2)7(4)11-8/h4-9H,3H2,1-2H3/t4-,5-,6+,7+,8+/m0/s1. The lowest BCUT2D eigenvalue weighted by Gasteiger charge is -2.27. The Balaban J connectivity index is 2.16. The van der Waals surface area contributed by atoms with Gasteiger partial charge in [-0.2, -0.15) is 0 Å². The molecule has 2 fully saturated rings. The lowest BCUT2D eigenvalue weighted by Crippen LogP contribution is -2.33. The number of fused-ring (bicyclic) bond motifs is 2. The van der Waals surface area contributed by atoms with Crippen LogP contribution in [0.2, 0.25) is 0 Å². The topological polar surface area (TPSA) is 38.7 Å². The van der Waals surface area contributed by atoms with Gasteiger partial charge in [0.05, 0.1) is 12.7 Å². The highest BCUT2D eigenvalue weighted by Gasteiger charge is 2.47. The summed E-state index contributed by atoms with van der Waals surface area (Å²) in [5, 5.41) is 9.54. The molecular weight excluding hydrogens is 144 g/mol. The second-order valence-corrected chi connectivity index (χ2v) is 3.63. The molecule has 0 aromatic rings. The van der Waals surface area contributed by atoms with Crippen LogP contribution in [0.1, 0.15) is 13.8 Å². The molecule has 2 heterocycles. The van der Waals surface area contributed by atoms with Crippen molar-refractivity contribution in [3.8, 4) is 0 Å². The van der Waals surface area contributed by atoms with E-state index in [2.05, 4.69) is 6.92 Å². The van der Waals surface area contributed by atoms with E-state index in [1.165, 1.54) is 0 Å². The molecule has 2 rings (SSSR count). The predicted octanol–water partition coefficient (Wildman–Crippen LogP) is 0.375. The summed E-state index contributed by atoms with van der Waals surface area (Å²) in [7, 11) is 0. The van der Waals surface area contributed by atoms with Crippen LogP contribution in [0.25, 0.3) is 0 Å². The average molecular weight is 158 g/mol. The summed E-state index contributed by atoms with van der Waals surface area (Å²) >= 11 is 0. The van der Waals surface area contributed by atoms with Crippen molar-refractivity contribution in [2.45, 2.75) is 32.3 Å². The van der Waals surface area contributed by atoms with Crippen molar-refractivity contribution in [2.24, 2.45) is 11.8 Å². The summed E-state index contributed by atoms with van der Waals surface area (Å²) in [6.45, 7) is 4.83. The number of hydrogen-bond acceptors (Lipinski definition) is 3. The van der Waals surface area contributed by atoms with Crippen LogP contribution < -0.4 is 0 Å². The Morgan fingerprint density at radius 3 is 2.73 bits per heavy atom. The molecule has 2 aliphatic rings. The molecule has 0 aromatic heterocycles. The first-order valence-corrected chi connectivity index (χ1v) is 4.15. The van der Waals surface area contributed by atoms with Crippen molar-refractivity contribution in [2.75, 3.05) is 6.61 Å². The van der Waals surface area contributed by atoms with E-state index in [9.17, 15) is 5.11 Å². The fourth-order valence-corrected chi connectivity index (χ4v) is 1.93. The predicted molar refractivity (Wildman–Crippen MR) is 38.9 cm³/mol. The summed E-state index contributed by atoms with van der Waals surface area (Å²) in [6, 6.07) is 0. The van der Waals surface area contributed by atoms with Crippen molar-refractivity contribution in [3.63, 3.8) is 0 Å². The highest BCUT2D eigenvalue weighted by molar-refractivity contribution is 4.89. The van der Waals surface area contributed by atoms with E-state index < -0.39 is 6.10 Å². The van der Waals surface area contributed by atoms with E-state index in [1.807, 2.05) is 6.92 Å². The van der Waals surface area contributed by atoms with E-state index >= 15 is 0 Å². The first-order chi connectivity index (χ1) is 5.20. The molecule has 0 radical (unpaired) electrons. The third-order valence-corrected chi connectivity index (χ3v) is 2.71. The fourth-order valence-electron chi connectivity index (χ4n) is 1.93. The minimum atomic E-state index is -0.426. The summed E-state index contributed by atoms with van der Waals surface area (Å²) < 4.78 is 10.8. The second kappa shape index (κ2) is 2.44. The van der Waals surface area contributed by atoms with Gasteiger partial charge in [-0.05, 0) is 0 Å². The molecule has 11 heavy (non-hydrogen) atoms. The molecular formula is C8H14O3. The minimum absolute atomic E-state index is 0.198. The number of aliphatic hydroxyl groups excluding tert-OH is 1. The van der Waals surface area contributed by atoms with Crippen LogP contribution >= 0.6 is 0 Å². The third kappa shape index (κ3) is 0.991. The number of hydrogen-bond donors (Lipinski definition) is 1. The molecule has 0 unspecified atom stereocenters. The van der Waals surface area contributed by atoms with Gasteiger partial charge in [-0.3, -0.25) is 0 Å². The molecule has 0 amide bonds. The van der Waals surface area contributed by atoms with Gasteiger partial charge in [0.25, 0.3) is 0 Å². The quantitative estimate of drug-likeness (QED) is 0.553. The molecule has 0 saturated carbocycles. The molecule has 64 valence electrons. The lowest BCUT2D eigenvalue weighted by molar-refractivity contribution is -0.215. The van der Waals surface area contributed by atoms with Gasteiger partial charge < -0.3 is 14.6 Å². The van der Waals surface area contributed by atoms with Gasteiger partial charge in [0.2, 0.25) is 0 Å². The Bertz CT molecular complexity index is 159. The van der Waals surface area contributed by atoms with Crippen molar-refractivity contribution in [3.05, 3.63) is 0 Å². The number of ether oxygens (including phenoxy) is 2. The number of aliphatic hydroxyl groups is 1. The fraction of sp³-hybridized carbons (Fsp3) is 1.00. The van der Waals surface area contributed by atoms with E-state index in [4.69, 9.17) is 9.47 Å². The maximum Gasteiger partial charge on any atom is 0.184 e. The van der Waals surface area contributed by atoms with Gasteiger partial charge in [0.15, 0.2) is 6.29 Å². The third-order valence-electron chi connectivity index (χ3n) is 2.71. The molecule has 3 nitrogen and oxygen atoms in total. The van der Waals surface area contributed by atoms with E-state index in [0.717, 1.165) is 6.61 Å². The molecule has 0 aliphatic carbocycles. The molecule has 2 saturated heterocycles. The summed E-state index contributed by atoms with van der Waals surface area (Å²) in [6.07, 6.45) is -0.583. The summed E-state index contributed by atoms with van der Waals surface area (Å²) in [4.78, 5) is 0. The molecule has 5 atom stereocenters. The first-order valence-electron chi connectivity index (χ1n) is 4.15. The SMILES string of the molecule is C[C@H]1[C@@H](O)[C@@H]2OC[C@H](C)[C@H]1O2. The van der Waals surface area contributed by atoms with Crippen molar-refractivity contribution in [1.29, 1.82) is 0 Å². The van der Waals surface area contributed by atoms with Gasteiger partial charge >= 0.3 is 0 Å². The van der Waals surface area contributed by atoms with Crippen LogP contribution in [-0.2, 0) is 9.47 Å². The van der Waals surface area contributed by atoms with Crippen molar-refractivity contribution in [1.82, 2.24) is 0 Å². The zero-order valence-corrected chi connectivity index (χ0v) is 6.86. The number of rotatable bonds is 0. The molecule has 2 bridgehead atoms. The zero-order valence-electron chi connectivity index (χ0n) is 6.86. The van der Waals surface area contributed by atoms with Crippen molar-refractivity contribution >= 4 is 0 Å². The van der Waals surface area contributed by atoms with Gasteiger partial charge in [-0.1, -0.05) is 13.8 Å². The van der Waals surface area contributed by atoms with Crippen LogP contribution in [0.5, 0.6) is 0 Å². The van der Waals surface area contributed by atoms with Crippen LogP contribution in [0.4, 0.5) is 0 Å². The van der Waals surface area contributed by atoms with Crippen molar-refractivity contribution < 1.29 is 14.6 Å². The molecule has 3 heteroatoms. The van der Waals surface area contributed by atoms with E-state index in [-0.39, 0.29) is 18.3 Å². The average Bonchev–Trinajstić information content (AvgIpc) is 2.24. The van der Waals surface area contributed by atoms with E-state index in [1.54, 1.807) is 0 Å². The van der Waals surface area contributed by atoms with Gasteiger partial charge in [0.1, 0.15) is 6.10 Å². The maximum atomic E-state index is 9.54. The van der Waals surface area contributed by atoms with Gasteiger partial charge in [-0.25, -0.2) is 0 Å². The summed E-state index contributed by atoms with van der Waals surface area (Å²) in [5.74, 6) is 0.635. The van der Waals surface area contributed by atoms with Gasteiger partial charge in [-0.15, -0.1) is 0 Å². The normalized spacial score (nSPS) is 56.5. The Morgan fingerprint density at radius 2 is 2.09 bits per heavy atom. The second-order valence-electron chi connectivity index (χ2n) is 3.63. The minimum Gasteiger partial charge on any atom is -0.387 e. The molecule has 2 aliphatic heterocycles. The van der Waals surface area contributed by atoms with Crippen LogP contribution in [0.15, 0.2) is 0 Å². The zero-order chi connectivity index (χ0) is 8.01. The van der Waals surface area contributed by atoms with Crippen LogP contribution in [0, 0.1) is 11.8 Å².